The smallest absolute Gasteiger partial charge is 0.0949 e. The summed E-state index contributed by atoms with van der Waals surface area (Å²) in [6.07, 6.45) is 5.65. The lowest BCUT2D eigenvalue weighted by Gasteiger charge is -2.26. The van der Waals surface area contributed by atoms with Crippen LogP contribution < -0.4 is 0 Å². The fourth-order valence-corrected chi connectivity index (χ4v) is 3.26. The highest BCUT2D eigenvalue weighted by Crippen LogP contribution is 2.22. The zero-order valence-corrected chi connectivity index (χ0v) is 14.3. The van der Waals surface area contributed by atoms with Gasteiger partial charge in [-0.25, -0.2) is 4.98 Å². The van der Waals surface area contributed by atoms with Crippen LogP contribution in [0, 0.1) is 0 Å². The third kappa shape index (κ3) is 4.16. The molecule has 2 aromatic carbocycles. The predicted molar refractivity (Wildman–Crippen MR) is 99.3 cm³/mol. The summed E-state index contributed by atoms with van der Waals surface area (Å²) in [5, 5.41) is 0. The molecule has 4 heteroatoms. The second-order valence-corrected chi connectivity index (χ2v) is 6.52. The minimum atomic E-state index is 0.845. The molecule has 0 radical (unpaired) electrons. The molecule has 128 valence electrons. The topological polar surface area (TPSA) is 30.3 Å². The highest BCUT2D eigenvalue weighted by atomic mass is 16.5. The van der Waals surface area contributed by atoms with Crippen molar-refractivity contribution < 1.29 is 4.74 Å². The minimum absolute atomic E-state index is 0.845. The van der Waals surface area contributed by atoms with E-state index in [2.05, 4.69) is 63.0 Å². The Morgan fingerprint density at radius 3 is 2.48 bits per heavy atom. The number of aromatic nitrogens is 2. The van der Waals surface area contributed by atoms with E-state index in [1.807, 2.05) is 18.7 Å². The molecule has 1 fully saturated rings. The Morgan fingerprint density at radius 2 is 1.72 bits per heavy atom. The lowest BCUT2D eigenvalue weighted by atomic mass is 10.0. The minimum Gasteiger partial charge on any atom is -0.379 e. The van der Waals surface area contributed by atoms with Crippen LogP contribution in [0.15, 0.2) is 67.3 Å². The van der Waals surface area contributed by atoms with Crippen LogP contribution in [0.4, 0.5) is 0 Å². The van der Waals surface area contributed by atoms with E-state index >= 15 is 0 Å². The van der Waals surface area contributed by atoms with Crippen molar-refractivity contribution in [1.29, 1.82) is 0 Å². The van der Waals surface area contributed by atoms with Crippen LogP contribution in [0.1, 0.15) is 11.1 Å². The van der Waals surface area contributed by atoms with Crippen LogP contribution in [0.3, 0.4) is 0 Å². The number of morpholine rings is 1. The Morgan fingerprint density at radius 1 is 0.880 bits per heavy atom. The molecule has 1 saturated heterocycles. The van der Waals surface area contributed by atoms with Gasteiger partial charge in [-0.15, -0.1) is 0 Å². The average Bonchev–Trinajstić information content (AvgIpc) is 3.16. The monoisotopic (exact) mass is 333 g/mol. The molecule has 1 aliphatic heterocycles. The molecular formula is C21H23N3O. The molecule has 25 heavy (non-hydrogen) atoms. The summed E-state index contributed by atoms with van der Waals surface area (Å²) in [6.45, 7) is 5.59. The summed E-state index contributed by atoms with van der Waals surface area (Å²) >= 11 is 0. The first kappa shape index (κ1) is 16.1. The molecule has 0 bridgehead atoms. The van der Waals surface area contributed by atoms with Crippen molar-refractivity contribution in [3.8, 4) is 11.1 Å². The van der Waals surface area contributed by atoms with Gasteiger partial charge >= 0.3 is 0 Å². The van der Waals surface area contributed by atoms with Crippen LogP contribution >= 0.6 is 0 Å². The third-order valence-corrected chi connectivity index (χ3v) is 4.65. The number of hydrogen-bond donors (Lipinski definition) is 0. The van der Waals surface area contributed by atoms with E-state index in [1.165, 1.54) is 22.3 Å². The Balaban J connectivity index is 1.46. The standard InChI is InChI=1S/C21H23N3O/c1-2-19(16-23-10-12-25-13-11-23)14-21(3-1)20-6-4-18(5-7-20)15-24-9-8-22-17-24/h1-9,14,17H,10-13,15-16H2. The summed E-state index contributed by atoms with van der Waals surface area (Å²) in [4.78, 5) is 6.55. The van der Waals surface area contributed by atoms with Gasteiger partial charge in [0, 0.05) is 38.6 Å². The molecule has 0 aliphatic carbocycles. The largest absolute Gasteiger partial charge is 0.379 e. The van der Waals surface area contributed by atoms with Gasteiger partial charge in [0.2, 0.25) is 0 Å². The maximum atomic E-state index is 5.43. The van der Waals surface area contributed by atoms with E-state index in [4.69, 9.17) is 4.74 Å². The lowest BCUT2D eigenvalue weighted by molar-refractivity contribution is 0.0342. The molecule has 0 N–H and O–H groups in total. The molecule has 1 aromatic heterocycles. The molecular weight excluding hydrogens is 310 g/mol. The van der Waals surface area contributed by atoms with E-state index < -0.39 is 0 Å². The molecule has 0 unspecified atom stereocenters. The fourth-order valence-electron chi connectivity index (χ4n) is 3.26. The maximum absolute atomic E-state index is 5.43. The zero-order chi connectivity index (χ0) is 16.9. The molecule has 0 amide bonds. The van der Waals surface area contributed by atoms with Crippen molar-refractivity contribution in [3.63, 3.8) is 0 Å². The number of rotatable bonds is 5. The van der Waals surface area contributed by atoms with Crippen LogP contribution in [0.2, 0.25) is 0 Å². The summed E-state index contributed by atoms with van der Waals surface area (Å²) in [5.41, 5.74) is 5.19. The normalized spacial score (nSPS) is 15.4. The Kier molecular flexibility index (Phi) is 4.91. The highest BCUT2D eigenvalue weighted by molar-refractivity contribution is 5.64. The molecule has 0 saturated carbocycles. The van der Waals surface area contributed by atoms with Gasteiger partial charge in [0.05, 0.1) is 19.5 Å². The van der Waals surface area contributed by atoms with Gasteiger partial charge in [-0.2, -0.15) is 0 Å². The Hall–Kier alpha value is -2.43. The molecule has 3 aromatic rings. The molecule has 2 heterocycles. The van der Waals surface area contributed by atoms with E-state index in [9.17, 15) is 0 Å². The van der Waals surface area contributed by atoms with Crippen molar-refractivity contribution in [2.24, 2.45) is 0 Å². The van der Waals surface area contributed by atoms with Crippen molar-refractivity contribution in [1.82, 2.24) is 14.5 Å². The fraction of sp³-hybridized carbons (Fsp3) is 0.286. The maximum Gasteiger partial charge on any atom is 0.0949 e. The van der Waals surface area contributed by atoms with E-state index in [0.29, 0.717) is 0 Å². The molecule has 4 nitrogen and oxygen atoms in total. The van der Waals surface area contributed by atoms with Gasteiger partial charge in [-0.1, -0.05) is 42.5 Å². The van der Waals surface area contributed by atoms with Gasteiger partial charge in [0.1, 0.15) is 0 Å². The molecule has 0 spiro atoms. The second-order valence-electron chi connectivity index (χ2n) is 6.52. The summed E-state index contributed by atoms with van der Waals surface area (Å²) in [7, 11) is 0. The van der Waals surface area contributed by atoms with Crippen molar-refractivity contribution in [2.75, 3.05) is 26.3 Å². The van der Waals surface area contributed by atoms with Crippen molar-refractivity contribution in [3.05, 3.63) is 78.4 Å². The van der Waals surface area contributed by atoms with Gasteiger partial charge in [0.15, 0.2) is 0 Å². The van der Waals surface area contributed by atoms with Gasteiger partial charge in [0.25, 0.3) is 0 Å². The molecule has 0 atom stereocenters. The van der Waals surface area contributed by atoms with Gasteiger partial charge in [-0.3, -0.25) is 4.90 Å². The van der Waals surface area contributed by atoms with Crippen molar-refractivity contribution >= 4 is 0 Å². The number of nitrogens with zero attached hydrogens (tertiary/aromatic N) is 3. The number of ether oxygens (including phenoxy) is 1. The lowest BCUT2D eigenvalue weighted by Crippen LogP contribution is -2.35. The molecule has 4 rings (SSSR count). The Bertz CT molecular complexity index is 790. The first-order valence-electron chi connectivity index (χ1n) is 8.81. The SMILES string of the molecule is c1cc(CN2CCOCC2)cc(-c2ccc(Cn3ccnc3)cc2)c1. The summed E-state index contributed by atoms with van der Waals surface area (Å²) in [5.74, 6) is 0. The predicted octanol–water partition coefficient (Wildman–Crippen LogP) is 3.43. The van der Waals surface area contributed by atoms with Crippen LogP contribution in [0.25, 0.3) is 11.1 Å². The number of benzene rings is 2. The molecule has 1 aliphatic rings. The van der Waals surface area contributed by atoms with Crippen molar-refractivity contribution in [2.45, 2.75) is 13.1 Å². The van der Waals surface area contributed by atoms with Crippen LogP contribution in [0.5, 0.6) is 0 Å². The van der Waals surface area contributed by atoms with E-state index in [-0.39, 0.29) is 0 Å². The van der Waals surface area contributed by atoms with E-state index in [0.717, 1.165) is 39.4 Å². The summed E-state index contributed by atoms with van der Waals surface area (Å²) in [6, 6.07) is 17.7. The third-order valence-electron chi connectivity index (χ3n) is 4.65. The number of hydrogen-bond acceptors (Lipinski definition) is 3. The van der Waals surface area contributed by atoms with Gasteiger partial charge < -0.3 is 9.30 Å². The van der Waals surface area contributed by atoms with Crippen LogP contribution in [-0.2, 0) is 17.8 Å². The first-order valence-corrected chi connectivity index (χ1v) is 8.81. The Labute approximate surface area is 148 Å². The number of imidazole rings is 1. The second kappa shape index (κ2) is 7.64. The first-order chi connectivity index (χ1) is 12.4. The quantitative estimate of drug-likeness (QED) is 0.717. The van der Waals surface area contributed by atoms with E-state index in [1.54, 1.807) is 0 Å². The zero-order valence-electron chi connectivity index (χ0n) is 14.3. The average molecular weight is 333 g/mol. The van der Waals surface area contributed by atoms with Gasteiger partial charge in [-0.05, 0) is 28.3 Å². The summed E-state index contributed by atoms with van der Waals surface area (Å²) < 4.78 is 7.51. The van der Waals surface area contributed by atoms with Crippen LogP contribution in [-0.4, -0.2) is 40.8 Å². The highest BCUT2D eigenvalue weighted by Gasteiger charge is 2.11.